The van der Waals surface area contributed by atoms with Gasteiger partial charge in [-0.2, -0.15) is 0 Å². The van der Waals surface area contributed by atoms with Crippen LogP contribution in [0.2, 0.25) is 0 Å². The summed E-state index contributed by atoms with van der Waals surface area (Å²) < 4.78 is 5.44. The molecule has 21 heavy (non-hydrogen) atoms. The number of nitrogens with zero attached hydrogens (tertiary/aromatic N) is 1. The van der Waals surface area contributed by atoms with Crippen molar-refractivity contribution in [2.75, 3.05) is 20.2 Å². The second-order valence-electron chi connectivity index (χ2n) is 6.38. The summed E-state index contributed by atoms with van der Waals surface area (Å²) in [7, 11) is 2.14. The van der Waals surface area contributed by atoms with Gasteiger partial charge in [-0.25, -0.2) is 0 Å². The van der Waals surface area contributed by atoms with Crippen molar-refractivity contribution in [3.8, 4) is 5.75 Å². The van der Waals surface area contributed by atoms with E-state index in [4.69, 9.17) is 4.74 Å². The molecule has 3 heteroatoms. The molecule has 0 aliphatic heterocycles. The zero-order chi connectivity index (χ0) is 15.2. The van der Waals surface area contributed by atoms with E-state index in [9.17, 15) is 5.11 Å². The molecule has 0 spiro atoms. The van der Waals surface area contributed by atoms with Gasteiger partial charge in [0, 0.05) is 12.6 Å². The van der Waals surface area contributed by atoms with Crippen LogP contribution in [0, 0.1) is 5.92 Å². The molecule has 3 nitrogen and oxygen atoms in total. The standard InChI is InChI=1S/C18H29NO2/c1-4-21-17-10-8-15(9-11-17)18(20)13-19(3)16-7-5-6-14(2)12-16/h8-11,14,16,18,20H,4-7,12-13H2,1-3H3. The van der Waals surface area contributed by atoms with E-state index in [2.05, 4.69) is 18.9 Å². The molecule has 1 aliphatic rings. The maximum atomic E-state index is 10.4. The predicted molar refractivity (Wildman–Crippen MR) is 86.6 cm³/mol. The van der Waals surface area contributed by atoms with Gasteiger partial charge in [0.15, 0.2) is 0 Å². The summed E-state index contributed by atoms with van der Waals surface area (Å²) >= 11 is 0. The van der Waals surface area contributed by atoms with Crippen LogP contribution in [0.5, 0.6) is 5.75 Å². The highest BCUT2D eigenvalue weighted by Crippen LogP contribution is 2.28. The second-order valence-corrected chi connectivity index (χ2v) is 6.38. The Labute approximate surface area is 128 Å². The minimum absolute atomic E-state index is 0.428. The van der Waals surface area contributed by atoms with Crippen LogP contribution in [-0.2, 0) is 0 Å². The molecule has 118 valence electrons. The Hall–Kier alpha value is -1.06. The molecule has 1 aromatic carbocycles. The molecule has 1 saturated carbocycles. The third-order valence-corrected chi connectivity index (χ3v) is 4.57. The van der Waals surface area contributed by atoms with Gasteiger partial charge in [0.25, 0.3) is 0 Å². The van der Waals surface area contributed by atoms with Gasteiger partial charge < -0.3 is 14.7 Å². The Morgan fingerprint density at radius 3 is 2.62 bits per heavy atom. The molecule has 1 fully saturated rings. The lowest BCUT2D eigenvalue weighted by atomic mass is 9.86. The van der Waals surface area contributed by atoms with Crippen LogP contribution in [0.25, 0.3) is 0 Å². The number of rotatable bonds is 6. The van der Waals surface area contributed by atoms with Crippen LogP contribution in [0.1, 0.15) is 51.2 Å². The topological polar surface area (TPSA) is 32.7 Å². The predicted octanol–water partition coefficient (Wildman–Crippen LogP) is 3.63. The van der Waals surface area contributed by atoms with Gasteiger partial charge in [0.2, 0.25) is 0 Å². The summed E-state index contributed by atoms with van der Waals surface area (Å²) in [4.78, 5) is 2.33. The van der Waals surface area contributed by atoms with E-state index in [1.54, 1.807) is 0 Å². The highest BCUT2D eigenvalue weighted by atomic mass is 16.5. The summed E-state index contributed by atoms with van der Waals surface area (Å²) in [6, 6.07) is 8.42. The molecule has 0 radical (unpaired) electrons. The Kier molecular flexibility index (Phi) is 6.07. The molecule has 1 N–H and O–H groups in total. The fourth-order valence-corrected chi connectivity index (χ4v) is 3.28. The zero-order valence-electron chi connectivity index (χ0n) is 13.6. The fraction of sp³-hybridized carbons (Fsp3) is 0.667. The quantitative estimate of drug-likeness (QED) is 0.868. The lowest BCUT2D eigenvalue weighted by molar-refractivity contribution is 0.0831. The largest absolute Gasteiger partial charge is 0.494 e. The van der Waals surface area contributed by atoms with E-state index in [1.165, 1.54) is 25.7 Å². The summed E-state index contributed by atoms with van der Waals surface area (Å²) in [5, 5.41) is 10.4. The average molecular weight is 291 g/mol. The van der Waals surface area contributed by atoms with Crippen molar-refractivity contribution >= 4 is 0 Å². The van der Waals surface area contributed by atoms with Crippen LogP contribution in [-0.4, -0.2) is 36.2 Å². The van der Waals surface area contributed by atoms with Gasteiger partial charge in [-0.15, -0.1) is 0 Å². The molecular weight excluding hydrogens is 262 g/mol. The van der Waals surface area contributed by atoms with Gasteiger partial charge in [-0.05, 0) is 50.4 Å². The molecule has 0 aromatic heterocycles. The first-order chi connectivity index (χ1) is 10.1. The minimum atomic E-state index is -0.428. The number of hydrogen-bond acceptors (Lipinski definition) is 3. The molecule has 2 rings (SSSR count). The highest BCUT2D eigenvalue weighted by Gasteiger charge is 2.24. The van der Waals surface area contributed by atoms with E-state index in [0.717, 1.165) is 17.2 Å². The molecular formula is C18H29NO2. The summed E-state index contributed by atoms with van der Waals surface area (Å²) in [6.45, 7) is 5.68. The second kappa shape index (κ2) is 7.81. The number of aliphatic hydroxyl groups excluding tert-OH is 1. The van der Waals surface area contributed by atoms with Crippen LogP contribution >= 0.6 is 0 Å². The highest BCUT2D eigenvalue weighted by molar-refractivity contribution is 5.28. The van der Waals surface area contributed by atoms with E-state index in [-0.39, 0.29) is 0 Å². The lowest BCUT2D eigenvalue weighted by Crippen LogP contribution is -2.38. The van der Waals surface area contributed by atoms with Crippen molar-refractivity contribution in [2.24, 2.45) is 5.92 Å². The average Bonchev–Trinajstić information content (AvgIpc) is 2.48. The van der Waals surface area contributed by atoms with Gasteiger partial charge in [0.1, 0.15) is 5.75 Å². The molecule has 0 saturated heterocycles. The SMILES string of the molecule is CCOc1ccc(C(O)CN(C)C2CCCC(C)C2)cc1. The maximum Gasteiger partial charge on any atom is 0.119 e. The fourth-order valence-electron chi connectivity index (χ4n) is 3.28. The Bertz CT molecular complexity index is 418. The molecule has 0 amide bonds. The third kappa shape index (κ3) is 4.72. The number of benzene rings is 1. The van der Waals surface area contributed by atoms with Crippen LogP contribution in [0.15, 0.2) is 24.3 Å². The van der Waals surface area contributed by atoms with Crippen molar-refractivity contribution < 1.29 is 9.84 Å². The van der Waals surface area contributed by atoms with E-state index in [0.29, 0.717) is 19.2 Å². The number of hydrogen-bond donors (Lipinski definition) is 1. The molecule has 1 aliphatic carbocycles. The van der Waals surface area contributed by atoms with Crippen LogP contribution in [0.3, 0.4) is 0 Å². The minimum Gasteiger partial charge on any atom is -0.494 e. The zero-order valence-corrected chi connectivity index (χ0v) is 13.6. The van der Waals surface area contributed by atoms with E-state index >= 15 is 0 Å². The normalized spacial score (nSPS) is 24.0. The molecule has 1 aromatic rings. The monoisotopic (exact) mass is 291 g/mol. The Morgan fingerprint density at radius 2 is 2.00 bits per heavy atom. The first-order valence-electron chi connectivity index (χ1n) is 8.21. The number of ether oxygens (including phenoxy) is 1. The van der Waals surface area contributed by atoms with Crippen molar-refractivity contribution in [2.45, 2.75) is 51.7 Å². The lowest BCUT2D eigenvalue weighted by Gasteiger charge is -2.35. The number of aliphatic hydroxyl groups is 1. The Balaban J connectivity index is 1.89. The third-order valence-electron chi connectivity index (χ3n) is 4.57. The Morgan fingerprint density at radius 1 is 1.29 bits per heavy atom. The van der Waals surface area contributed by atoms with E-state index < -0.39 is 6.10 Å². The first-order valence-corrected chi connectivity index (χ1v) is 8.21. The molecule has 0 bridgehead atoms. The maximum absolute atomic E-state index is 10.4. The summed E-state index contributed by atoms with van der Waals surface area (Å²) in [5.74, 6) is 1.68. The van der Waals surface area contributed by atoms with Gasteiger partial charge in [-0.3, -0.25) is 0 Å². The summed E-state index contributed by atoms with van der Waals surface area (Å²) in [6.07, 6.45) is 4.76. The smallest absolute Gasteiger partial charge is 0.119 e. The molecule has 3 atom stereocenters. The number of likely N-dealkylation sites (N-methyl/N-ethyl adjacent to an activating group) is 1. The first kappa shape index (κ1) is 16.3. The van der Waals surface area contributed by atoms with Gasteiger partial charge in [0.05, 0.1) is 12.7 Å². The molecule has 3 unspecified atom stereocenters. The van der Waals surface area contributed by atoms with Crippen molar-refractivity contribution in [1.29, 1.82) is 0 Å². The summed E-state index contributed by atoms with van der Waals surface area (Å²) in [5.41, 5.74) is 0.967. The van der Waals surface area contributed by atoms with Crippen molar-refractivity contribution in [1.82, 2.24) is 4.90 Å². The van der Waals surface area contributed by atoms with Gasteiger partial charge in [-0.1, -0.05) is 31.9 Å². The van der Waals surface area contributed by atoms with Crippen LogP contribution in [0.4, 0.5) is 0 Å². The van der Waals surface area contributed by atoms with Gasteiger partial charge >= 0.3 is 0 Å². The molecule has 0 heterocycles. The van der Waals surface area contributed by atoms with Crippen LogP contribution < -0.4 is 4.74 Å². The van der Waals surface area contributed by atoms with Crippen molar-refractivity contribution in [3.63, 3.8) is 0 Å². The van der Waals surface area contributed by atoms with Crippen molar-refractivity contribution in [3.05, 3.63) is 29.8 Å². The van der Waals surface area contributed by atoms with E-state index in [1.807, 2.05) is 31.2 Å².